The lowest BCUT2D eigenvalue weighted by Crippen LogP contribution is -2.25. The first-order chi connectivity index (χ1) is 6.86. The summed E-state index contributed by atoms with van der Waals surface area (Å²) < 4.78 is 13.1. The second-order valence-corrected chi connectivity index (χ2v) is 3.70. The van der Waals surface area contributed by atoms with Crippen molar-refractivity contribution in [2.45, 2.75) is 25.4 Å². The molecular weight excluding hydrogens is 179 g/mol. The Morgan fingerprint density at radius 2 is 2.21 bits per heavy atom. The van der Waals surface area contributed by atoms with Crippen LogP contribution < -0.4 is 4.90 Å². The Hall–Kier alpha value is -1.12. The van der Waals surface area contributed by atoms with Gasteiger partial charge in [-0.2, -0.15) is 0 Å². The van der Waals surface area contributed by atoms with Crippen LogP contribution in [-0.4, -0.2) is 24.2 Å². The molecule has 14 heavy (non-hydrogen) atoms. The van der Waals surface area contributed by atoms with E-state index in [1.54, 1.807) is 6.20 Å². The molecule has 1 fully saturated rings. The molecule has 2 nitrogen and oxygen atoms in total. The van der Waals surface area contributed by atoms with E-state index in [9.17, 15) is 4.39 Å². The van der Waals surface area contributed by atoms with Crippen LogP contribution in [0.2, 0.25) is 0 Å². The largest absolute Gasteiger partial charge is 0.357 e. The maximum atomic E-state index is 13.1. The number of halogens is 1. The lowest BCUT2D eigenvalue weighted by atomic mass is 10.2. The third-order valence-electron chi connectivity index (χ3n) is 2.63. The molecule has 0 aromatic carbocycles. The predicted molar refractivity (Wildman–Crippen MR) is 55.2 cm³/mol. The summed E-state index contributed by atoms with van der Waals surface area (Å²) >= 11 is 0. The van der Waals surface area contributed by atoms with Crippen LogP contribution in [0.15, 0.2) is 24.4 Å². The predicted octanol–water partition coefficient (Wildman–Crippen LogP) is 2.41. The van der Waals surface area contributed by atoms with E-state index in [-0.39, 0.29) is 0 Å². The molecule has 0 saturated carbocycles. The highest BCUT2D eigenvalue weighted by molar-refractivity contribution is 5.37. The normalized spacial score (nSPS) is 23.2. The van der Waals surface area contributed by atoms with Gasteiger partial charge in [0.05, 0.1) is 0 Å². The van der Waals surface area contributed by atoms with E-state index in [1.807, 2.05) is 18.2 Å². The van der Waals surface area contributed by atoms with E-state index in [4.69, 9.17) is 0 Å². The van der Waals surface area contributed by atoms with Crippen LogP contribution in [0, 0.1) is 0 Å². The fraction of sp³-hybridized carbons (Fsp3) is 0.545. The Kier molecular flexibility index (Phi) is 2.96. The molecule has 0 aliphatic carbocycles. The first-order valence-corrected chi connectivity index (χ1v) is 5.16. The SMILES string of the molecule is FC1CCCN(c2ccccn2)CC1. The number of hydrogen-bond donors (Lipinski definition) is 0. The van der Waals surface area contributed by atoms with Crippen LogP contribution in [-0.2, 0) is 0 Å². The minimum Gasteiger partial charge on any atom is -0.357 e. The van der Waals surface area contributed by atoms with E-state index >= 15 is 0 Å². The van der Waals surface area contributed by atoms with Crippen LogP contribution in [0.3, 0.4) is 0 Å². The molecule has 1 aliphatic heterocycles. The number of nitrogens with zero attached hydrogens (tertiary/aromatic N) is 2. The van der Waals surface area contributed by atoms with Gasteiger partial charge in [-0.15, -0.1) is 0 Å². The minimum absolute atomic E-state index is 0.622. The Labute approximate surface area is 83.8 Å². The lowest BCUT2D eigenvalue weighted by molar-refractivity contribution is 0.307. The number of rotatable bonds is 1. The van der Waals surface area contributed by atoms with E-state index in [0.29, 0.717) is 12.8 Å². The van der Waals surface area contributed by atoms with Gasteiger partial charge in [-0.3, -0.25) is 0 Å². The smallest absolute Gasteiger partial charge is 0.128 e. The number of aromatic nitrogens is 1. The molecule has 0 radical (unpaired) electrons. The van der Waals surface area contributed by atoms with Crippen molar-refractivity contribution in [1.29, 1.82) is 0 Å². The fourth-order valence-electron chi connectivity index (χ4n) is 1.83. The highest BCUT2D eigenvalue weighted by Gasteiger charge is 2.16. The third kappa shape index (κ3) is 2.22. The zero-order valence-corrected chi connectivity index (χ0v) is 8.19. The molecule has 0 bridgehead atoms. The Morgan fingerprint density at radius 1 is 1.29 bits per heavy atom. The average Bonchev–Trinajstić information content (AvgIpc) is 2.44. The average molecular weight is 194 g/mol. The quantitative estimate of drug-likeness (QED) is 0.682. The summed E-state index contributed by atoms with van der Waals surface area (Å²) in [7, 11) is 0. The summed E-state index contributed by atoms with van der Waals surface area (Å²) in [5, 5.41) is 0. The first kappa shape index (κ1) is 9.44. The summed E-state index contributed by atoms with van der Waals surface area (Å²) in [5.74, 6) is 0.974. The second kappa shape index (κ2) is 4.40. The molecule has 3 heteroatoms. The zero-order valence-electron chi connectivity index (χ0n) is 8.19. The topological polar surface area (TPSA) is 16.1 Å². The van der Waals surface area contributed by atoms with Crippen molar-refractivity contribution < 1.29 is 4.39 Å². The summed E-state index contributed by atoms with van der Waals surface area (Å²) in [6.07, 6.45) is 3.42. The van der Waals surface area contributed by atoms with Crippen molar-refractivity contribution >= 4 is 5.82 Å². The Balaban J connectivity index is 2.04. The van der Waals surface area contributed by atoms with Crippen LogP contribution in [0.4, 0.5) is 10.2 Å². The summed E-state index contributed by atoms with van der Waals surface area (Å²) in [6.45, 7) is 1.72. The highest BCUT2D eigenvalue weighted by Crippen LogP contribution is 2.18. The summed E-state index contributed by atoms with van der Waals surface area (Å²) in [5.41, 5.74) is 0. The number of anilines is 1. The standard InChI is InChI=1S/C11H15FN2/c12-10-4-3-8-14(9-6-10)11-5-1-2-7-13-11/h1-2,5,7,10H,3-4,6,8-9H2. The van der Waals surface area contributed by atoms with Crippen molar-refractivity contribution in [3.05, 3.63) is 24.4 Å². The van der Waals surface area contributed by atoms with Crippen molar-refractivity contribution in [1.82, 2.24) is 4.98 Å². The van der Waals surface area contributed by atoms with Gasteiger partial charge >= 0.3 is 0 Å². The molecule has 1 aliphatic rings. The molecule has 1 saturated heterocycles. The van der Waals surface area contributed by atoms with Gasteiger partial charge < -0.3 is 4.90 Å². The number of pyridine rings is 1. The molecule has 1 aromatic rings. The second-order valence-electron chi connectivity index (χ2n) is 3.70. The van der Waals surface area contributed by atoms with Gasteiger partial charge in [0, 0.05) is 19.3 Å². The van der Waals surface area contributed by atoms with E-state index in [2.05, 4.69) is 9.88 Å². The summed E-state index contributed by atoms with van der Waals surface area (Å²) in [6, 6.07) is 5.86. The molecular formula is C11H15FN2. The summed E-state index contributed by atoms with van der Waals surface area (Å²) in [4.78, 5) is 6.44. The monoisotopic (exact) mass is 194 g/mol. The third-order valence-corrected chi connectivity index (χ3v) is 2.63. The lowest BCUT2D eigenvalue weighted by Gasteiger charge is -2.20. The van der Waals surface area contributed by atoms with Crippen LogP contribution >= 0.6 is 0 Å². The maximum absolute atomic E-state index is 13.1. The maximum Gasteiger partial charge on any atom is 0.128 e. The Morgan fingerprint density at radius 3 is 3.00 bits per heavy atom. The fourth-order valence-corrected chi connectivity index (χ4v) is 1.83. The van der Waals surface area contributed by atoms with Gasteiger partial charge in [-0.05, 0) is 31.4 Å². The van der Waals surface area contributed by atoms with Crippen LogP contribution in [0.1, 0.15) is 19.3 Å². The molecule has 0 N–H and O–H groups in total. The molecule has 2 heterocycles. The minimum atomic E-state index is -0.622. The number of alkyl halides is 1. The van der Waals surface area contributed by atoms with Crippen molar-refractivity contribution in [3.8, 4) is 0 Å². The molecule has 2 rings (SSSR count). The zero-order chi connectivity index (χ0) is 9.80. The van der Waals surface area contributed by atoms with Crippen LogP contribution in [0.5, 0.6) is 0 Å². The molecule has 0 spiro atoms. The first-order valence-electron chi connectivity index (χ1n) is 5.16. The van der Waals surface area contributed by atoms with E-state index in [0.717, 1.165) is 25.3 Å². The molecule has 1 unspecified atom stereocenters. The van der Waals surface area contributed by atoms with Gasteiger partial charge in [0.25, 0.3) is 0 Å². The van der Waals surface area contributed by atoms with Gasteiger partial charge in [-0.25, -0.2) is 9.37 Å². The Bertz CT molecular complexity index is 276. The molecule has 1 aromatic heterocycles. The highest BCUT2D eigenvalue weighted by atomic mass is 19.1. The van der Waals surface area contributed by atoms with Gasteiger partial charge in [0.2, 0.25) is 0 Å². The van der Waals surface area contributed by atoms with Crippen molar-refractivity contribution in [3.63, 3.8) is 0 Å². The number of hydrogen-bond acceptors (Lipinski definition) is 2. The van der Waals surface area contributed by atoms with E-state index in [1.165, 1.54) is 0 Å². The molecule has 0 amide bonds. The van der Waals surface area contributed by atoms with Crippen molar-refractivity contribution in [2.75, 3.05) is 18.0 Å². The molecule has 1 atom stereocenters. The van der Waals surface area contributed by atoms with Gasteiger partial charge in [0.15, 0.2) is 0 Å². The van der Waals surface area contributed by atoms with E-state index < -0.39 is 6.17 Å². The van der Waals surface area contributed by atoms with Crippen LogP contribution in [0.25, 0.3) is 0 Å². The van der Waals surface area contributed by atoms with Crippen molar-refractivity contribution in [2.24, 2.45) is 0 Å². The molecule has 76 valence electrons. The van der Waals surface area contributed by atoms with Gasteiger partial charge in [-0.1, -0.05) is 6.07 Å². The van der Waals surface area contributed by atoms with Gasteiger partial charge in [0.1, 0.15) is 12.0 Å².